The number of nitrogens with zero attached hydrogens (tertiary/aromatic N) is 4. The van der Waals surface area contributed by atoms with Crippen molar-refractivity contribution in [3.05, 3.63) is 36.2 Å². The Morgan fingerprint density at radius 3 is 3.00 bits per heavy atom. The van der Waals surface area contributed by atoms with Crippen molar-refractivity contribution < 1.29 is 0 Å². The third kappa shape index (κ3) is 3.43. The number of aryl methyl sites for hydroxylation is 3. The van der Waals surface area contributed by atoms with Crippen LogP contribution in [-0.4, -0.2) is 25.9 Å². The Hall–Kier alpha value is -1.62. The quantitative estimate of drug-likeness (QED) is 0.752. The largest absolute Gasteiger partial charge is 0.338 e. The van der Waals surface area contributed by atoms with Crippen molar-refractivity contribution in [2.24, 2.45) is 7.05 Å². The monoisotopic (exact) mass is 247 g/mol. The highest BCUT2D eigenvalue weighted by atomic mass is 15.3. The van der Waals surface area contributed by atoms with E-state index in [4.69, 9.17) is 0 Å². The molecule has 0 spiro atoms. The van der Waals surface area contributed by atoms with Gasteiger partial charge in [-0.2, -0.15) is 5.10 Å². The minimum absolute atomic E-state index is 0.874. The van der Waals surface area contributed by atoms with Crippen molar-refractivity contribution in [2.45, 2.75) is 32.9 Å². The van der Waals surface area contributed by atoms with Crippen molar-refractivity contribution in [1.82, 2.24) is 24.6 Å². The highest BCUT2D eigenvalue weighted by Gasteiger charge is 2.02. The van der Waals surface area contributed by atoms with E-state index in [-0.39, 0.29) is 0 Å². The standard InChI is InChI=1S/C13H21N5/c1-3-5-14-9-12-10-16-18(11-12)7-4-13-15-6-8-17(13)2/h6,8,10-11,14H,3-5,7,9H2,1-2H3. The summed E-state index contributed by atoms with van der Waals surface area (Å²) in [6.45, 7) is 5.00. The highest BCUT2D eigenvalue weighted by Crippen LogP contribution is 2.01. The summed E-state index contributed by atoms with van der Waals surface area (Å²) in [4.78, 5) is 4.31. The summed E-state index contributed by atoms with van der Waals surface area (Å²) in [6.07, 6.45) is 9.91. The summed E-state index contributed by atoms with van der Waals surface area (Å²) in [5.41, 5.74) is 1.24. The number of nitrogens with one attached hydrogen (secondary N) is 1. The summed E-state index contributed by atoms with van der Waals surface area (Å²) in [5.74, 6) is 1.09. The van der Waals surface area contributed by atoms with Crippen molar-refractivity contribution in [1.29, 1.82) is 0 Å². The molecule has 0 unspecified atom stereocenters. The predicted octanol–water partition coefficient (Wildman–Crippen LogP) is 1.36. The number of hydrogen-bond acceptors (Lipinski definition) is 3. The molecule has 0 saturated heterocycles. The minimum Gasteiger partial charge on any atom is -0.338 e. The Morgan fingerprint density at radius 2 is 2.28 bits per heavy atom. The van der Waals surface area contributed by atoms with Gasteiger partial charge in [0.25, 0.3) is 0 Å². The highest BCUT2D eigenvalue weighted by molar-refractivity contribution is 5.03. The van der Waals surface area contributed by atoms with E-state index in [1.54, 1.807) is 0 Å². The summed E-state index contributed by atoms with van der Waals surface area (Å²) < 4.78 is 4.03. The van der Waals surface area contributed by atoms with Crippen molar-refractivity contribution in [3.63, 3.8) is 0 Å². The van der Waals surface area contributed by atoms with Gasteiger partial charge in [0, 0.05) is 50.7 Å². The third-order valence-electron chi connectivity index (χ3n) is 2.93. The van der Waals surface area contributed by atoms with Crippen LogP contribution in [0.25, 0.3) is 0 Å². The molecule has 2 heterocycles. The minimum atomic E-state index is 0.874. The van der Waals surface area contributed by atoms with Gasteiger partial charge in [0.1, 0.15) is 5.82 Å². The zero-order chi connectivity index (χ0) is 12.8. The van der Waals surface area contributed by atoms with Crippen LogP contribution >= 0.6 is 0 Å². The molecule has 18 heavy (non-hydrogen) atoms. The van der Waals surface area contributed by atoms with Crippen LogP contribution in [0.3, 0.4) is 0 Å². The van der Waals surface area contributed by atoms with Crippen LogP contribution in [0.4, 0.5) is 0 Å². The van der Waals surface area contributed by atoms with E-state index >= 15 is 0 Å². The average molecular weight is 247 g/mol. The van der Waals surface area contributed by atoms with E-state index in [1.807, 2.05) is 34.9 Å². The van der Waals surface area contributed by atoms with Gasteiger partial charge in [-0.15, -0.1) is 0 Å². The summed E-state index contributed by atoms with van der Waals surface area (Å²) in [5, 5.41) is 7.74. The molecule has 0 aliphatic carbocycles. The fraction of sp³-hybridized carbons (Fsp3) is 0.538. The smallest absolute Gasteiger partial charge is 0.110 e. The summed E-state index contributed by atoms with van der Waals surface area (Å²) in [6, 6.07) is 0. The van der Waals surface area contributed by atoms with Gasteiger partial charge in [0.05, 0.1) is 6.20 Å². The van der Waals surface area contributed by atoms with Crippen molar-refractivity contribution >= 4 is 0 Å². The van der Waals surface area contributed by atoms with Crippen molar-refractivity contribution in [3.8, 4) is 0 Å². The first-order chi connectivity index (χ1) is 8.79. The molecule has 0 bridgehead atoms. The van der Waals surface area contributed by atoms with Gasteiger partial charge in [-0.25, -0.2) is 4.98 Å². The molecule has 0 aromatic carbocycles. The van der Waals surface area contributed by atoms with Gasteiger partial charge in [-0.3, -0.25) is 4.68 Å². The first-order valence-corrected chi connectivity index (χ1v) is 6.48. The Labute approximate surface area is 108 Å². The van der Waals surface area contributed by atoms with Crippen LogP contribution < -0.4 is 5.32 Å². The van der Waals surface area contributed by atoms with E-state index in [1.165, 1.54) is 5.56 Å². The second kappa shape index (κ2) is 6.35. The lowest BCUT2D eigenvalue weighted by atomic mass is 10.3. The molecule has 0 fully saturated rings. The molecule has 2 rings (SSSR count). The molecule has 0 aliphatic rings. The van der Waals surface area contributed by atoms with Gasteiger partial charge in [-0.05, 0) is 13.0 Å². The zero-order valence-corrected chi connectivity index (χ0v) is 11.1. The van der Waals surface area contributed by atoms with Gasteiger partial charge in [0.15, 0.2) is 0 Å². The van der Waals surface area contributed by atoms with Crippen LogP contribution in [0.2, 0.25) is 0 Å². The molecule has 0 aliphatic heterocycles. The molecule has 5 nitrogen and oxygen atoms in total. The second-order valence-corrected chi connectivity index (χ2v) is 4.49. The van der Waals surface area contributed by atoms with Crippen LogP contribution in [0, 0.1) is 0 Å². The molecule has 0 atom stereocenters. The fourth-order valence-corrected chi connectivity index (χ4v) is 1.88. The Balaban J connectivity index is 1.81. The summed E-state index contributed by atoms with van der Waals surface area (Å²) in [7, 11) is 2.02. The molecule has 5 heteroatoms. The third-order valence-corrected chi connectivity index (χ3v) is 2.93. The normalized spacial score (nSPS) is 11.0. The molecular weight excluding hydrogens is 226 g/mol. The molecule has 1 N–H and O–H groups in total. The zero-order valence-electron chi connectivity index (χ0n) is 11.1. The Bertz CT molecular complexity index is 471. The van der Waals surface area contributed by atoms with E-state index < -0.39 is 0 Å². The first kappa shape index (κ1) is 12.8. The first-order valence-electron chi connectivity index (χ1n) is 6.48. The number of rotatable bonds is 7. The van der Waals surface area contributed by atoms with Gasteiger partial charge in [0.2, 0.25) is 0 Å². The predicted molar refractivity (Wildman–Crippen MR) is 71.1 cm³/mol. The maximum atomic E-state index is 4.36. The molecule has 0 radical (unpaired) electrons. The average Bonchev–Trinajstić information content (AvgIpc) is 2.96. The molecule has 0 amide bonds. The maximum absolute atomic E-state index is 4.36. The number of imidazole rings is 1. The molecular formula is C13H21N5. The Morgan fingerprint density at radius 1 is 1.39 bits per heavy atom. The van der Waals surface area contributed by atoms with E-state index in [2.05, 4.69) is 28.5 Å². The lowest BCUT2D eigenvalue weighted by Crippen LogP contribution is -2.13. The number of hydrogen-bond donors (Lipinski definition) is 1. The van der Waals surface area contributed by atoms with E-state index in [0.717, 1.165) is 38.3 Å². The maximum Gasteiger partial charge on any atom is 0.110 e. The van der Waals surface area contributed by atoms with Crippen LogP contribution in [0.15, 0.2) is 24.8 Å². The fourth-order valence-electron chi connectivity index (χ4n) is 1.88. The topological polar surface area (TPSA) is 47.7 Å². The molecule has 0 saturated carbocycles. The van der Waals surface area contributed by atoms with E-state index in [0.29, 0.717) is 0 Å². The molecule has 2 aromatic rings. The van der Waals surface area contributed by atoms with Gasteiger partial charge in [-0.1, -0.05) is 6.92 Å². The van der Waals surface area contributed by atoms with Crippen LogP contribution in [0.5, 0.6) is 0 Å². The van der Waals surface area contributed by atoms with Gasteiger partial charge >= 0.3 is 0 Å². The second-order valence-electron chi connectivity index (χ2n) is 4.49. The Kier molecular flexibility index (Phi) is 4.52. The van der Waals surface area contributed by atoms with Crippen LogP contribution in [-0.2, 0) is 26.6 Å². The molecule has 2 aromatic heterocycles. The van der Waals surface area contributed by atoms with E-state index in [9.17, 15) is 0 Å². The van der Waals surface area contributed by atoms with Gasteiger partial charge < -0.3 is 9.88 Å². The lowest BCUT2D eigenvalue weighted by molar-refractivity contribution is 0.588. The van der Waals surface area contributed by atoms with Crippen molar-refractivity contribution in [2.75, 3.05) is 6.54 Å². The SMILES string of the molecule is CCCNCc1cnn(CCc2nccn2C)c1. The number of aromatic nitrogens is 4. The summed E-state index contributed by atoms with van der Waals surface area (Å²) >= 11 is 0. The van der Waals surface area contributed by atoms with Crippen LogP contribution in [0.1, 0.15) is 24.7 Å². The lowest BCUT2D eigenvalue weighted by Gasteiger charge is -2.02. The molecule has 98 valence electrons.